The van der Waals surface area contributed by atoms with Crippen molar-refractivity contribution in [1.29, 1.82) is 0 Å². The molecule has 0 aliphatic carbocycles. The molecular weight excluding hydrogens is 356 g/mol. The van der Waals surface area contributed by atoms with E-state index in [-0.39, 0.29) is 35.1 Å². The van der Waals surface area contributed by atoms with Gasteiger partial charge in [0.2, 0.25) is 11.9 Å². The lowest BCUT2D eigenvalue weighted by atomic mass is 10.2. The normalized spacial score (nSPS) is 18.6. The van der Waals surface area contributed by atoms with Crippen LogP contribution in [0.4, 0.5) is 0 Å². The second kappa shape index (κ2) is 7.58. The van der Waals surface area contributed by atoms with Crippen LogP contribution in [0.1, 0.15) is 11.1 Å². The molecule has 2 aliphatic rings. The van der Waals surface area contributed by atoms with Gasteiger partial charge in [-0.1, -0.05) is 60.7 Å². The van der Waals surface area contributed by atoms with E-state index in [1.165, 1.54) is 0 Å². The van der Waals surface area contributed by atoms with E-state index in [0.717, 1.165) is 11.1 Å². The van der Waals surface area contributed by atoms with Crippen LogP contribution in [0.25, 0.3) is 12.2 Å². The van der Waals surface area contributed by atoms with Crippen LogP contribution in [0.15, 0.2) is 82.0 Å². The smallest absolute Gasteiger partial charge is 0.276 e. The number of hydrazine groups is 1. The first kappa shape index (κ1) is 17.2. The summed E-state index contributed by atoms with van der Waals surface area (Å²) < 4.78 is 0. The van der Waals surface area contributed by atoms with Crippen LogP contribution in [0.3, 0.4) is 0 Å². The zero-order valence-electron chi connectivity index (χ0n) is 14.6. The third kappa shape index (κ3) is 3.96. The molecule has 2 aliphatic heterocycles. The van der Waals surface area contributed by atoms with Crippen molar-refractivity contribution >= 4 is 35.9 Å². The molecule has 0 aromatic heterocycles. The quantitative estimate of drug-likeness (QED) is 0.468. The third-order valence-corrected chi connectivity index (χ3v) is 3.90. The Bertz CT molecular complexity index is 953. The maximum absolute atomic E-state index is 12.0. The maximum Gasteiger partial charge on any atom is 0.276 e. The van der Waals surface area contributed by atoms with E-state index < -0.39 is 0 Å². The van der Waals surface area contributed by atoms with Gasteiger partial charge in [0.05, 0.1) is 0 Å². The number of guanidine groups is 2. The number of hydrogen-bond donors (Lipinski definition) is 4. The van der Waals surface area contributed by atoms with E-state index in [9.17, 15) is 9.59 Å². The van der Waals surface area contributed by atoms with Crippen LogP contribution in [0, 0.1) is 0 Å². The van der Waals surface area contributed by atoms with Gasteiger partial charge in [-0.15, -0.1) is 0 Å². The summed E-state index contributed by atoms with van der Waals surface area (Å²) in [7, 11) is 0. The van der Waals surface area contributed by atoms with E-state index in [2.05, 4.69) is 31.5 Å². The highest BCUT2D eigenvalue weighted by Crippen LogP contribution is 2.12. The topological polar surface area (TPSA) is 107 Å². The summed E-state index contributed by atoms with van der Waals surface area (Å²) in [5.74, 6) is -0.223. The second-order valence-electron chi connectivity index (χ2n) is 5.96. The van der Waals surface area contributed by atoms with Crippen LogP contribution in [0.5, 0.6) is 0 Å². The highest BCUT2D eigenvalue weighted by atomic mass is 16.2. The molecule has 2 heterocycles. The summed E-state index contributed by atoms with van der Waals surface area (Å²) in [5, 5.41) is 5.19. The average molecular weight is 372 g/mol. The van der Waals surface area contributed by atoms with Crippen molar-refractivity contribution in [2.45, 2.75) is 0 Å². The van der Waals surface area contributed by atoms with Crippen molar-refractivity contribution in [3.63, 3.8) is 0 Å². The molecule has 2 aromatic carbocycles. The molecule has 8 nitrogen and oxygen atoms in total. The minimum Gasteiger partial charge on any atom is -0.290 e. The highest BCUT2D eigenvalue weighted by molar-refractivity contribution is 6.16. The van der Waals surface area contributed by atoms with E-state index >= 15 is 0 Å². The van der Waals surface area contributed by atoms with E-state index in [1.807, 2.05) is 60.7 Å². The Kier molecular flexibility index (Phi) is 4.67. The molecule has 4 rings (SSSR count). The summed E-state index contributed by atoms with van der Waals surface area (Å²) in [5.41, 5.74) is 7.75. The number of carbonyl (C=O) groups is 2. The van der Waals surface area contributed by atoms with Crippen molar-refractivity contribution in [2.24, 2.45) is 9.98 Å². The summed E-state index contributed by atoms with van der Waals surface area (Å²) in [4.78, 5) is 32.4. The number of hydrogen-bond acceptors (Lipinski definition) is 6. The second-order valence-corrected chi connectivity index (χ2v) is 5.96. The third-order valence-electron chi connectivity index (χ3n) is 3.90. The Morgan fingerprint density at radius 1 is 0.643 bits per heavy atom. The summed E-state index contributed by atoms with van der Waals surface area (Å²) in [6.45, 7) is 0. The number of carbonyl (C=O) groups excluding carboxylic acids is 2. The minimum absolute atomic E-state index is 0.213. The van der Waals surface area contributed by atoms with Crippen molar-refractivity contribution < 1.29 is 9.59 Å². The number of benzene rings is 2. The molecule has 0 bridgehead atoms. The fourth-order valence-corrected chi connectivity index (χ4v) is 2.59. The maximum atomic E-state index is 12.0. The van der Waals surface area contributed by atoms with Crippen molar-refractivity contribution in [2.75, 3.05) is 0 Å². The van der Waals surface area contributed by atoms with E-state index in [1.54, 1.807) is 12.2 Å². The molecule has 28 heavy (non-hydrogen) atoms. The van der Waals surface area contributed by atoms with Gasteiger partial charge in [-0.25, -0.2) is 9.98 Å². The molecule has 138 valence electrons. The monoisotopic (exact) mass is 372 g/mol. The lowest BCUT2D eigenvalue weighted by Crippen LogP contribution is -2.50. The fourth-order valence-electron chi connectivity index (χ4n) is 2.59. The van der Waals surface area contributed by atoms with Crippen LogP contribution in [-0.4, -0.2) is 23.7 Å². The molecule has 0 unspecified atom stereocenters. The zero-order valence-corrected chi connectivity index (χ0v) is 14.6. The molecule has 0 fully saturated rings. The molecular formula is C20H16N6O2. The van der Waals surface area contributed by atoms with Gasteiger partial charge in [0.15, 0.2) is 0 Å². The molecule has 0 spiro atoms. The first-order valence-corrected chi connectivity index (χ1v) is 8.53. The Labute approximate surface area is 160 Å². The lowest BCUT2D eigenvalue weighted by Gasteiger charge is -2.07. The molecule has 0 saturated carbocycles. The first-order valence-electron chi connectivity index (χ1n) is 8.53. The SMILES string of the molecule is O=C1NC(NNC2=N/C(=C/c3ccccc3)C(=O)N2)=N/C1=C\c1ccccc1. The number of nitrogens with zero attached hydrogens (tertiary/aromatic N) is 2. The lowest BCUT2D eigenvalue weighted by molar-refractivity contribution is -0.116. The molecule has 2 amide bonds. The number of aliphatic imine (C=N–C) groups is 2. The van der Waals surface area contributed by atoms with Crippen LogP contribution in [-0.2, 0) is 9.59 Å². The summed E-state index contributed by atoms with van der Waals surface area (Å²) >= 11 is 0. The largest absolute Gasteiger partial charge is 0.290 e. The number of rotatable bonds is 2. The van der Waals surface area contributed by atoms with Crippen LogP contribution >= 0.6 is 0 Å². The minimum atomic E-state index is -0.324. The molecule has 2 aromatic rings. The summed E-state index contributed by atoms with van der Waals surface area (Å²) in [6.07, 6.45) is 3.36. The van der Waals surface area contributed by atoms with Gasteiger partial charge < -0.3 is 0 Å². The van der Waals surface area contributed by atoms with Crippen LogP contribution < -0.4 is 21.5 Å². The number of amides is 2. The molecule has 0 atom stereocenters. The van der Waals surface area contributed by atoms with Gasteiger partial charge in [-0.3, -0.25) is 31.1 Å². The van der Waals surface area contributed by atoms with Gasteiger partial charge in [-0.05, 0) is 23.3 Å². The molecule has 8 heteroatoms. The van der Waals surface area contributed by atoms with Gasteiger partial charge in [-0.2, -0.15) is 0 Å². The van der Waals surface area contributed by atoms with Crippen molar-refractivity contribution in [3.8, 4) is 0 Å². The summed E-state index contributed by atoms with van der Waals surface area (Å²) in [6, 6.07) is 18.8. The average Bonchev–Trinajstić information content (AvgIpc) is 3.24. The van der Waals surface area contributed by atoms with Gasteiger partial charge in [0, 0.05) is 0 Å². The van der Waals surface area contributed by atoms with E-state index in [0.29, 0.717) is 0 Å². The van der Waals surface area contributed by atoms with Crippen molar-refractivity contribution in [3.05, 3.63) is 83.2 Å². The van der Waals surface area contributed by atoms with Crippen LogP contribution in [0.2, 0.25) is 0 Å². The standard InChI is InChI=1S/C20H16N6O2/c27-17-15(11-13-7-3-1-4-8-13)21-19(23-17)25-26-20-22-16(18(28)24-20)12-14-9-5-2-6-10-14/h1-12H,(H2,21,23,25,27)(H2,22,24,26,28)/b15-11-,16-12+. The Balaban J connectivity index is 1.42. The fraction of sp³-hybridized carbons (Fsp3) is 0. The van der Waals surface area contributed by atoms with Gasteiger partial charge in [0.25, 0.3) is 11.8 Å². The Morgan fingerprint density at radius 3 is 1.43 bits per heavy atom. The predicted octanol–water partition coefficient (Wildman–Crippen LogP) is 1.13. The molecule has 0 saturated heterocycles. The Hall–Kier alpha value is -4.20. The first-order chi connectivity index (χ1) is 13.7. The molecule has 4 N–H and O–H groups in total. The molecule has 0 radical (unpaired) electrons. The van der Waals surface area contributed by atoms with E-state index in [4.69, 9.17) is 0 Å². The highest BCUT2D eigenvalue weighted by Gasteiger charge is 2.23. The Morgan fingerprint density at radius 2 is 1.04 bits per heavy atom. The van der Waals surface area contributed by atoms with Crippen molar-refractivity contribution in [1.82, 2.24) is 21.5 Å². The van der Waals surface area contributed by atoms with Gasteiger partial charge in [0.1, 0.15) is 11.4 Å². The van der Waals surface area contributed by atoms with Gasteiger partial charge >= 0.3 is 0 Å². The predicted molar refractivity (Wildman–Crippen MR) is 106 cm³/mol. The number of nitrogens with one attached hydrogen (secondary N) is 4. The zero-order chi connectivity index (χ0) is 19.3.